The normalized spacial score (nSPS) is 13.7. The molecule has 112 valence electrons. The van der Waals surface area contributed by atoms with Crippen molar-refractivity contribution in [1.29, 1.82) is 0 Å². The van der Waals surface area contributed by atoms with Gasteiger partial charge in [0.05, 0.1) is 6.61 Å². The monoisotopic (exact) mass is 347 g/mol. The third-order valence-corrected chi connectivity index (χ3v) is 4.09. The summed E-state index contributed by atoms with van der Waals surface area (Å²) in [6.07, 6.45) is 0. The van der Waals surface area contributed by atoms with Crippen LogP contribution in [-0.4, -0.2) is 6.61 Å². The van der Waals surface area contributed by atoms with Crippen LogP contribution in [0.2, 0.25) is 0 Å². The van der Waals surface area contributed by atoms with Crippen molar-refractivity contribution in [3.05, 3.63) is 64.1 Å². The van der Waals surface area contributed by atoms with Gasteiger partial charge < -0.3 is 10.1 Å². The molecule has 0 saturated carbocycles. The summed E-state index contributed by atoms with van der Waals surface area (Å²) in [5.41, 5.74) is 2.55. The average Bonchev–Trinajstić information content (AvgIpc) is 2.49. The third kappa shape index (κ3) is 4.58. The average molecular weight is 348 g/mol. The zero-order valence-electron chi connectivity index (χ0n) is 12.8. The van der Waals surface area contributed by atoms with Crippen molar-refractivity contribution in [2.24, 2.45) is 0 Å². The van der Waals surface area contributed by atoms with E-state index in [1.54, 1.807) is 0 Å². The van der Waals surface area contributed by atoms with Crippen LogP contribution in [0.15, 0.2) is 53.0 Å². The Morgan fingerprint density at radius 3 is 1.86 bits per heavy atom. The van der Waals surface area contributed by atoms with Crippen LogP contribution < -0.4 is 10.1 Å². The fourth-order valence-corrected chi connectivity index (χ4v) is 2.60. The van der Waals surface area contributed by atoms with E-state index in [-0.39, 0.29) is 0 Å². The third-order valence-electron chi connectivity index (χ3n) is 3.56. The molecular weight excluding hydrogens is 326 g/mol. The fourth-order valence-electron chi connectivity index (χ4n) is 2.34. The SMILES string of the molecule is CCOc1ccc(C(C)NC(C)c2ccc(Br)cc2)cc1. The van der Waals surface area contributed by atoms with Crippen molar-refractivity contribution >= 4 is 15.9 Å². The molecule has 0 saturated heterocycles. The number of ether oxygens (including phenoxy) is 1. The van der Waals surface area contributed by atoms with Crippen LogP contribution in [0.1, 0.15) is 44.0 Å². The summed E-state index contributed by atoms with van der Waals surface area (Å²) in [7, 11) is 0. The molecule has 0 radical (unpaired) electrons. The molecule has 0 spiro atoms. The Kier molecular flexibility index (Phi) is 5.83. The predicted molar refractivity (Wildman–Crippen MR) is 91.7 cm³/mol. The fraction of sp³-hybridized carbons (Fsp3) is 0.333. The van der Waals surface area contributed by atoms with E-state index >= 15 is 0 Å². The second kappa shape index (κ2) is 7.62. The van der Waals surface area contributed by atoms with Gasteiger partial charge in [0.15, 0.2) is 0 Å². The van der Waals surface area contributed by atoms with Gasteiger partial charge in [-0.15, -0.1) is 0 Å². The minimum Gasteiger partial charge on any atom is -0.494 e. The summed E-state index contributed by atoms with van der Waals surface area (Å²) in [5, 5.41) is 3.63. The van der Waals surface area contributed by atoms with Crippen LogP contribution >= 0.6 is 15.9 Å². The quantitative estimate of drug-likeness (QED) is 0.769. The predicted octanol–water partition coefficient (Wildman–Crippen LogP) is 5.26. The minimum absolute atomic E-state index is 0.291. The zero-order valence-corrected chi connectivity index (χ0v) is 14.4. The Morgan fingerprint density at radius 1 is 0.905 bits per heavy atom. The summed E-state index contributed by atoms with van der Waals surface area (Å²) < 4.78 is 6.59. The number of hydrogen-bond donors (Lipinski definition) is 1. The van der Waals surface area contributed by atoms with E-state index in [0.717, 1.165) is 10.2 Å². The first-order chi connectivity index (χ1) is 10.1. The maximum atomic E-state index is 5.48. The molecule has 2 nitrogen and oxygen atoms in total. The van der Waals surface area contributed by atoms with Crippen LogP contribution in [0.4, 0.5) is 0 Å². The zero-order chi connectivity index (χ0) is 15.2. The van der Waals surface area contributed by atoms with Gasteiger partial charge in [0.2, 0.25) is 0 Å². The lowest BCUT2D eigenvalue weighted by molar-refractivity contribution is 0.340. The molecular formula is C18H22BrNO. The smallest absolute Gasteiger partial charge is 0.119 e. The summed E-state index contributed by atoms with van der Waals surface area (Å²) >= 11 is 3.47. The molecule has 2 unspecified atom stereocenters. The first-order valence-corrected chi connectivity index (χ1v) is 8.13. The largest absolute Gasteiger partial charge is 0.494 e. The maximum absolute atomic E-state index is 5.48. The summed E-state index contributed by atoms with van der Waals surface area (Å²) in [5.74, 6) is 0.925. The van der Waals surface area contributed by atoms with E-state index in [1.165, 1.54) is 11.1 Å². The van der Waals surface area contributed by atoms with Crippen LogP contribution in [0.3, 0.4) is 0 Å². The van der Waals surface area contributed by atoms with E-state index in [2.05, 4.69) is 71.5 Å². The number of benzene rings is 2. The molecule has 0 fully saturated rings. The van der Waals surface area contributed by atoms with Crippen molar-refractivity contribution in [3.8, 4) is 5.75 Å². The van der Waals surface area contributed by atoms with E-state index in [0.29, 0.717) is 18.7 Å². The Labute approximate surface area is 135 Å². The van der Waals surface area contributed by atoms with Crippen molar-refractivity contribution in [1.82, 2.24) is 5.32 Å². The molecule has 21 heavy (non-hydrogen) atoms. The lowest BCUT2D eigenvalue weighted by atomic mass is 10.0. The molecule has 3 heteroatoms. The molecule has 0 heterocycles. The summed E-state index contributed by atoms with van der Waals surface area (Å²) in [4.78, 5) is 0. The van der Waals surface area contributed by atoms with Crippen LogP contribution in [0, 0.1) is 0 Å². The van der Waals surface area contributed by atoms with Gasteiger partial charge in [0, 0.05) is 16.6 Å². The van der Waals surface area contributed by atoms with Crippen molar-refractivity contribution in [3.63, 3.8) is 0 Å². The highest BCUT2D eigenvalue weighted by Gasteiger charge is 2.11. The second-order valence-electron chi connectivity index (χ2n) is 5.16. The number of halogens is 1. The van der Waals surface area contributed by atoms with Gasteiger partial charge in [-0.1, -0.05) is 40.2 Å². The molecule has 0 bridgehead atoms. The Hall–Kier alpha value is -1.32. The minimum atomic E-state index is 0.291. The molecule has 2 atom stereocenters. The first-order valence-electron chi connectivity index (χ1n) is 7.34. The molecule has 1 N–H and O–H groups in total. The lowest BCUT2D eigenvalue weighted by Crippen LogP contribution is -2.22. The van der Waals surface area contributed by atoms with Gasteiger partial charge in [-0.2, -0.15) is 0 Å². The Bertz CT molecular complexity index is 550. The standard InChI is InChI=1S/C18H22BrNO/c1-4-21-18-11-7-16(8-12-18)14(3)20-13(2)15-5-9-17(19)10-6-15/h5-14,20H,4H2,1-3H3. The highest BCUT2D eigenvalue weighted by Crippen LogP contribution is 2.22. The van der Waals surface area contributed by atoms with Crippen molar-refractivity contribution in [2.75, 3.05) is 6.61 Å². The number of rotatable bonds is 6. The van der Waals surface area contributed by atoms with Crippen LogP contribution in [-0.2, 0) is 0 Å². The Morgan fingerprint density at radius 2 is 1.38 bits per heavy atom. The van der Waals surface area contributed by atoms with Gasteiger partial charge in [0.25, 0.3) is 0 Å². The molecule has 2 aromatic rings. The topological polar surface area (TPSA) is 21.3 Å². The molecule has 0 amide bonds. The summed E-state index contributed by atoms with van der Waals surface area (Å²) in [6.45, 7) is 7.07. The van der Waals surface area contributed by atoms with Gasteiger partial charge >= 0.3 is 0 Å². The van der Waals surface area contributed by atoms with Crippen LogP contribution in [0.25, 0.3) is 0 Å². The molecule has 0 aliphatic rings. The molecule has 0 aliphatic heterocycles. The van der Waals surface area contributed by atoms with E-state index < -0.39 is 0 Å². The number of nitrogens with one attached hydrogen (secondary N) is 1. The van der Waals surface area contributed by atoms with Crippen LogP contribution in [0.5, 0.6) is 5.75 Å². The van der Waals surface area contributed by atoms with Gasteiger partial charge in [-0.3, -0.25) is 0 Å². The lowest BCUT2D eigenvalue weighted by Gasteiger charge is -2.21. The van der Waals surface area contributed by atoms with Gasteiger partial charge in [0.1, 0.15) is 5.75 Å². The second-order valence-corrected chi connectivity index (χ2v) is 6.08. The van der Waals surface area contributed by atoms with Crippen molar-refractivity contribution in [2.45, 2.75) is 32.9 Å². The number of hydrogen-bond acceptors (Lipinski definition) is 2. The highest BCUT2D eigenvalue weighted by molar-refractivity contribution is 9.10. The van der Waals surface area contributed by atoms with E-state index in [4.69, 9.17) is 4.74 Å². The van der Waals surface area contributed by atoms with Gasteiger partial charge in [-0.25, -0.2) is 0 Å². The van der Waals surface area contributed by atoms with Crippen molar-refractivity contribution < 1.29 is 4.74 Å². The molecule has 2 rings (SSSR count). The highest BCUT2D eigenvalue weighted by atomic mass is 79.9. The molecule has 0 aromatic heterocycles. The van der Waals surface area contributed by atoms with E-state index in [1.807, 2.05) is 19.1 Å². The molecule has 0 aliphatic carbocycles. The van der Waals surface area contributed by atoms with Gasteiger partial charge in [-0.05, 0) is 56.2 Å². The summed E-state index contributed by atoms with van der Waals surface area (Å²) in [6, 6.07) is 17.3. The Balaban J connectivity index is 1.99. The van der Waals surface area contributed by atoms with E-state index in [9.17, 15) is 0 Å². The molecule has 2 aromatic carbocycles. The first kappa shape index (κ1) is 16.1. The maximum Gasteiger partial charge on any atom is 0.119 e.